The summed E-state index contributed by atoms with van der Waals surface area (Å²) < 4.78 is 5.35. The zero-order chi connectivity index (χ0) is 17.9. The van der Waals surface area contributed by atoms with Gasteiger partial charge in [0.1, 0.15) is 18.5 Å². The molecule has 2 N–H and O–H groups in total. The molecule has 1 aliphatic heterocycles. The molecule has 0 aromatic carbocycles. The molecule has 0 saturated carbocycles. The van der Waals surface area contributed by atoms with Crippen molar-refractivity contribution in [2.24, 2.45) is 0 Å². The molecule has 0 spiro atoms. The van der Waals surface area contributed by atoms with E-state index in [1.54, 1.807) is 18.6 Å². The predicted octanol–water partition coefficient (Wildman–Crippen LogP) is 1.72. The zero-order valence-corrected chi connectivity index (χ0v) is 14.0. The number of alkyl carbamates (subject to hydrolysis) is 1. The molecule has 1 saturated heterocycles. The lowest BCUT2D eigenvalue weighted by atomic mass is 10.1. The van der Waals surface area contributed by atoms with E-state index in [0.717, 1.165) is 35.1 Å². The van der Waals surface area contributed by atoms with Gasteiger partial charge in [-0.25, -0.2) is 14.8 Å². The summed E-state index contributed by atoms with van der Waals surface area (Å²) in [5.41, 5.74) is 0.714. The monoisotopic (exact) mass is 351 g/mol. The first-order valence-corrected chi connectivity index (χ1v) is 8.39. The summed E-state index contributed by atoms with van der Waals surface area (Å²) in [6, 6.07) is 3.81. The lowest BCUT2D eigenvalue weighted by Crippen LogP contribution is -2.40. The number of carbonyl (C=O) groups excluding carboxylic acids is 1. The third kappa shape index (κ3) is 2.97. The number of fused-ring (bicyclic) bond motifs is 3. The zero-order valence-electron chi connectivity index (χ0n) is 14.0. The number of nitrogens with one attached hydrogen (secondary N) is 2. The second kappa shape index (κ2) is 6.84. The van der Waals surface area contributed by atoms with Gasteiger partial charge in [-0.3, -0.25) is 5.10 Å². The average Bonchev–Trinajstić information content (AvgIpc) is 3.15. The molecule has 0 bridgehead atoms. The molecule has 3 aromatic heterocycles. The SMILES string of the molecule is N#CCNC(=O)OC1CCN(c2[nH]ncc3cnc4nccc4c23)CC1. The van der Waals surface area contributed by atoms with Crippen LogP contribution in [0.4, 0.5) is 10.6 Å². The summed E-state index contributed by atoms with van der Waals surface area (Å²) in [5, 5.41) is 21.2. The number of carbonyl (C=O) groups is 1. The molecule has 4 heterocycles. The maximum Gasteiger partial charge on any atom is 0.408 e. The fourth-order valence-corrected chi connectivity index (χ4v) is 3.29. The van der Waals surface area contributed by atoms with Gasteiger partial charge in [-0.1, -0.05) is 0 Å². The molecule has 1 amide bonds. The van der Waals surface area contributed by atoms with Crippen LogP contribution < -0.4 is 10.2 Å². The fourth-order valence-electron chi connectivity index (χ4n) is 3.29. The number of aromatic amines is 1. The standard InChI is InChI=1S/C17H17N7O2/c18-4-6-20-17(25)26-12-2-7-24(8-3-12)16-14-11(10-22-23-16)9-21-15-13(14)1-5-19-15/h1,5,9-10,12,23H,2-3,6-8H2,(H,20,25). The van der Waals surface area contributed by atoms with E-state index in [-0.39, 0.29) is 12.6 Å². The fraction of sp³-hybridized carbons (Fsp3) is 0.353. The van der Waals surface area contributed by atoms with Crippen LogP contribution in [0, 0.1) is 11.3 Å². The van der Waals surface area contributed by atoms with Crippen molar-refractivity contribution in [1.29, 1.82) is 5.26 Å². The van der Waals surface area contributed by atoms with E-state index in [1.807, 2.05) is 12.1 Å². The van der Waals surface area contributed by atoms with Gasteiger partial charge in [0.15, 0.2) is 5.65 Å². The third-order valence-corrected chi connectivity index (χ3v) is 4.52. The Morgan fingerprint density at radius 3 is 3.04 bits per heavy atom. The summed E-state index contributed by atoms with van der Waals surface area (Å²) in [7, 11) is 0. The van der Waals surface area contributed by atoms with Gasteiger partial charge in [-0.15, -0.1) is 0 Å². The minimum atomic E-state index is -0.543. The van der Waals surface area contributed by atoms with Gasteiger partial charge in [-0.05, 0) is 6.07 Å². The molecule has 0 unspecified atom stereocenters. The molecule has 0 radical (unpaired) electrons. The van der Waals surface area contributed by atoms with E-state index in [2.05, 4.69) is 30.4 Å². The minimum absolute atomic E-state index is 0.0496. The van der Waals surface area contributed by atoms with Gasteiger partial charge in [0, 0.05) is 54.5 Å². The molecular weight excluding hydrogens is 334 g/mol. The number of ether oxygens (including phenoxy) is 1. The van der Waals surface area contributed by atoms with Crippen molar-refractivity contribution in [1.82, 2.24) is 25.5 Å². The summed E-state index contributed by atoms with van der Waals surface area (Å²) in [4.78, 5) is 22.4. The maximum absolute atomic E-state index is 11.6. The third-order valence-electron chi connectivity index (χ3n) is 4.52. The summed E-state index contributed by atoms with van der Waals surface area (Å²) in [6.45, 7) is 1.41. The number of aromatic nitrogens is 4. The van der Waals surface area contributed by atoms with Crippen molar-refractivity contribution >= 4 is 33.7 Å². The highest BCUT2D eigenvalue weighted by Gasteiger charge is 2.24. The predicted molar refractivity (Wildman–Crippen MR) is 94.5 cm³/mol. The lowest BCUT2D eigenvalue weighted by Gasteiger charge is -2.33. The van der Waals surface area contributed by atoms with Crippen LogP contribution in [-0.2, 0) is 4.74 Å². The van der Waals surface area contributed by atoms with Crippen LogP contribution in [0.1, 0.15) is 12.8 Å². The van der Waals surface area contributed by atoms with Crippen molar-refractivity contribution < 1.29 is 9.53 Å². The van der Waals surface area contributed by atoms with Crippen LogP contribution in [0.3, 0.4) is 0 Å². The van der Waals surface area contributed by atoms with Gasteiger partial charge < -0.3 is 15.0 Å². The molecule has 3 aromatic rings. The van der Waals surface area contributed by atoms with Crippen LogP contribution in [0.2, 0.25) is 0 Å². The highest BCUT2D eigenvalue weighted by Crippen LogP contribution is 2.31. The Hall–Kier alpha value is -3.41. The molecule has 9 nitrogen and oxygen atoms in total. The molecule has 132 valence electrons. The second-order valence-electron chi connectivity index (χ2n) is 6.09. The Morgan fingerprint density at radius 1 is 1.38 bits per heavy atom. The van der Waals surface area contributed by atoms with E-state index < -0.39 is 6.09 Å². The first kappa shape index (κ1) is 16.1. The number of amides is 1. The number of pyridine rings is 1. The topological polar surface area (TPSA) is 120 Å². The Labute approximate surface area is 149 Å². The highest BCUT2D eigenvalue weighted by molar-refractivity contribution is 6.09. The Bertz CT molecular complexity index is 986. The maximum atomic E-state index is 11.6. The van der Waals surface area contributed by atoms with Gasteiger partial charge in [0.2, 0.25) is 0 Å². The van der Waals surface area contributed by atoms with Crippen LogP contribution in [-0.4, -0.2) is 52.0 Å². The molecule has 4 rings (SSSR count). The number of nitrogens with zero attached hydrogens (tertiary/aromatic N) is 5. The Morgan fingerprint density at radius 2 is 2.23 bits per heavy atom. The molecule has 9 heteroatoms. The molecule has 1 aliphatic rings. The van der Waals surface area contributed by atoms with Crippen molar-refractivity contribution in [2.45, 2.75) is 18.9 Å². The number of piperidine rings is 1. The van der Waals surface area contributed by atoms with E-state index >= 15 is 0 Å². The van der Waals surface area contributed by atoms with Crippen molar-refractivity contribution in [2.75, 3.05) is 24.5 Å². The van der Waals surface area contributed by atoms with Crippen molar-refractivity contribution in [3.8, 4) is 6.07 Å². The van der Waals surface area contributed by atoms with Gasteiger partial charge in [0.25, 0.3) is 0 Å². The minimum Gasteiger partial charge on any atom is -0.446 e. The number of hydrogen-bond acceptors (Lipinski definition) is 7. The van der Waals surface area contributed by atoms with Crippen molar-refractivity contribution in [3.63, 3.8) is 0 Å². The van der Waals surface area contributed by atoms with Crippen molar-refractivity contribution in [3.05, 3.63) is 24.7 Å². The van der Waals surface area contributed by atoms with Gasteiger partial charge in [0.05, 0.1) is 12.3 Å². The van der Waals surface area contributed by atoms with E-state index in [0.29, 0.717) is 18.5 Å². The summed E-state index contributed by atoms with van der Waals surface area (Å²) >= 11 is 0. The molecular formula is C17H17N7O2. The first-order chi connectivity index (χ1) is 12.8. The summed E-state index contributed by atoms with van der Waals surface area (Å²) in [6.07, 6.45) is 6.00. The quantitative estimate of drug-likeness (QED) is 0.689. The van der Waals surface area contributed by atoms with Crippen LogP contribution in [0.15, 0.2) is 24.7 Å². The smallest absolute Gasteiger partial charge is 0.408 e. The first-order valence-electron chi connectivity index (χ1n) is 8.39. The molecule has 0 atom stereocenters. The highest BCUT2D eigenvalue weighted by atomic mass is 16.6. The normalized spacial score (nSPS) is 15.1. The molecule has 26 heavy (non-hydrogen) atoms. The Kier molecular flexibility index (Phi) is 4.23. The number of H-pyrrole nitrogens is 1. The van der Waals surface area contributed by atoms with Crippen LogP contribution in [0.5, 0.6) is 0 Å². The van der Waals surface area contributed by atoms with Gasteiger partial charge in [-0.2, -0.15) is 10.4 Å². The van der Waals surface area contributed by atoms with E-state index in [4.69, 9.17) is 10.00 Å². The molecule has 1 fully saturated rings. The van der Waals surface area contributed by atoms with Crippen LogP contribution >= 0.6 is 0 Å². The molecule has 0 aliphatic carbocycles. The number of rotatable bonds is 3. The number of anilines is 1. The second-order valence-corrected chi connectivity index (χ2v) is 6.09. The van der Waals surface area contributed by atoms with E-state index in [9.17, 15) is 4.79 Å². The van der Waals surface area contributed by atoms with Gasteiger partial charge >= 0.3 is 6.09 Å². The largest absolute Gasteiger partial charge is 0.446 e. The lowest BCUT2D eigenvalue weighted by molar-refractivity contribution is 0.0840. The van der Waals surface area contributed by atoms with Crippen LogP contribution in [0.25, 0.3) is 21.8 Å². The number of hydrogen-bond donors (Lipinski definition) is 2. The number of nitriles is 1. The van der Waals surface area contributed by atoms with E-state index in [1.165, 1.54) is 0 Å². The average molecular weight is 351 g/mol. The summed E-state index contributed by atoms with van der Waals surface area (Å²) in [5.74, 6) is 0.926. The Balaban J connectivity index is 1.52.